The van der Waals surface area contributed by atoms with Crippen LogP contribution < -0.4 is 10.2 Å². The van der Waals surface area contributed by atoms with Gasteiger partial charge in [-0.15, -0.1) is 0 Å². The Morgan fingerprint density at radius 2 is 1.72 bits per heavy atom. The Balaban J connectivity index is 1.93. The molecular weight excluding hydrogens is 398 g/mol. The fourth-order valence-corrected chi connectivity index (χ4v) is 3.91. The molecule has 0 aliphatic heterocycles. The van der Waals surface area contributed by atoms with Crippen molar-refractivity contribution in [3.05, 3.63) is 59.7 Å². The number of carbonyl (C=O) groups excluding carboxylic acids is 2. The molecule has 0 bridgehead atoms. The lowest BCUT2D eigenvalue weighted by Gasteiger charge is -2.33. The predicted octanol–water partition coefficient (Wildman–Crippen LogP) is 5.63. The molecule has 1 aliphatic rings. The zero-order valence-corrected chi connectivity index (χ0v) is 20.3. The topological polar surface area (TPSA) is 52.7 Å². The number of nitrogens with one attached hydrogen (secondary N) is 1. The normalized spacial score (nSPS) is 14.6. The summed E-state index contributed by atoms with van der Waals surface area (Å²) in [5.74, 6) is 0.368. The number of nitrogens with zero attached hydrogens (tertiary/aromatic N) is 2. The van der Waals surface area contributed by atoms with Gasteiger partial charge in [0.15, 0.2) is 0 Å². The lowest BCUT2D eigenvalue weighted by molar-refractivity contribution is -0.136. The number of anilines is 2. The highest BCUT2D eigenvalue weighted by molar-refractivity contribution is 5.94. The summed E-state index contributed by atoms with van der Waals surface area (Å²) in [7, 11) is 4.01. The molecule has 5 heteroatoms. The van der Waals surface area contributed by atoms with Crippen LogP contribution in [0.25, 0.3) is 0 Å². The molecule has 172 valence electrons. The van der Waals surface area contributed by atoms with Crippen LogP contribution in [-0.4, -0.2) is 30.8 Å². The van der Waals surface area contributed by atoms with E-state index in [1.54, 1.807) is 0 Å². The van der Waals surface area contributed by atoms with Gasteiger partial charge in [0, 0.05) is 44.4 Å². The van der Waals surface area contributed by atoms with Gasteiger partial charge in [0.05, 0.1) is 6.04 Å². The Kier molecular flexibility index (Phi) is 7.27. The SMILES string of the molecule is C[C@@H](c1ccccc1)N(Cc1cc(NC(=O)C2CC2)ccc1N(C)C)C(=O)CC(C)(C)C. The molecule has 2 aromatic rings. The quantitative estimate of drug-likeness (QED) is 0.585. The number of hydrogen-bond donors (Lipinski definition) is 1. The average Bonchev–Trinajstić information content (AvgIpc) is 3.56. The number of amides is 2. The molecule has 0 aromatic heterocycles. The second kappa shape index (κ2) is 9.76. The maximum absolute atomic E-state index is 13.5. The molecule has 3 rings (SSSR count). The first kappa shape index (κ1) is 23.8. The monoisotopic (exact) mass is 435 g/mol. The summed E-state index contributed by atoms with van der Waals surface area (Å²) in [6, 6.07) is 16.1. The molecule has 1 atom stereocenters. The molecule has 0 radical (unpaired) electrons. The van der Waals surface area contributed by atoms with Crippen molar-refractivity contribution in [2.75, 3.05) is 24.3 Å². The molecule has 0 spiro atoms. The van der Waals surface area contributed by atoms with E-state index in [9.17, 15) is 9.59 Å². The molecule has 0 saturated heterocycles. The summed E-state index contributed by atoms with van der Waals surface area (Å²) in [6.07, 6.45) is 2.41. The summed E-state index contributed by atoms with van der Waals surface area (Å²) >= 11 is 0. The Labute approximate surface area is 192 Å². The molecule has 2 amide bonds. The van der Waals surface area contributed by atoms with Crippen LogP contribution in [-0.2, 0) is 16.1 Å². The first-order valence-corrected chi connectivity index (χ1v) is 11.5. The van der Waals surface area contributed by atoms with Crippen molar-refractivity contribution in [1.82, 2.24) is 4.90 Å². The van der Waals surface area contributed by atoms with Crippen molar-refractivity contribution in [2.24, 2.45) is 11.3 Å². The maximum Gasteiger partial charge on any atom is 0.227 e. The zero-order valence-electron chi connectivity index (χ0n) is 20.3. The molecular formula is C27H37N3O2. The van der Waals surface area contributed by atoms with Gasteiger partial charge in [-0.25, -0.2) is 0 Å². The Bertz CT molecular complexity index is 943. The van der Waals surface area contributed by atoms with Crippen LogP contribution in [0, 0.1) is 11.3 Å². The summed E-state index contributed by atoms with van der Waals surface area (Å²) < 4.78 is 0. The van der Waals surface area contributed by atoms with Crippen molar-refractivity contribution in [3.8, 4) is 0 Å². The standard InChI is InChI=1S/C27H37N3O2/c1-19(20-10-8-7-9-11-20)30(25(31)17-27(2,3)4)18-22-16-23(14-15-24(22)29(5)6)28-26(32)21-12-13-21/h7-11,14-16,19,21H,12-13,17-18H2,1-6H3,(H,28,32)/t19-/m0/s1. The molecule has 32 heavy (non-hydrogen) atoms. The average molecular weight is 436 g/mol. The van der Waals surface area contributed by atoms with Crippen LogP contribution in [0.3, 0.4) is 0 Å². The van der Waals surface area contributed by atoms with E-state index in [-0.39, 0.29) is 29.2 Å². The van der Waals surface area contributed by atoms with Crippen molar-refractivity contribution in [2.45, 2.75) is 59.5 Å². The van der Waals surface area contributed by atoms with Gasteiger partial charge in [-0.05, 0) is 54.5 Å². The molecule has 5 nitrogen and oxygen atoms in total. The molecule has 1 saturated carbocycles. The lowest BCUT2D eigenvalue weighted by atomic mass is 9.91. The van der Waals surface area contributed by atoms with Crippen molar-refractivity contribution in [1.29, 1.82) is 0 Å². The molecule has 2 aromatic carbocycles. The third kappa shape index (κ3) is 6.35. The van der Waals surface area contributed by atoms with E-state index < -0.39 is 0 Å². The molecule has 1 aliphatic carbocycles. The van der Waals surface area contributed by atoms with E-state index in [0.29, 0.717) is 13.0 Å². The second-order valence-corrected chi connectivity index (χ2v) is 10.3. The summed E-state index contributed by atoms with van der Waals surface area (Å²) in [5, 5.41) is 3.05. The van der Waals surface area contributed by atoms with Gasteiger partial charge in [-0.2, -0.15) is 0 Å². The number of hydrogen-bond acceptors (Lipinski definition) is 3. The number of carbonyl (C=O) groups is 2. The lowest BCUT2D eigenvalue weighted by Crippen LogP contribution is -2.35. The Morgan fingerprint density at radius 1 is 1.06 bits per heavy atom. The highest BCUT2D eigenvalue weighted by Crippen LogP contribution is 2.33. The summed E-state index contributed by atoms with van der Waals surface area (Å²) in [5.41, 5.74) is 3.87. The smallest absolute Gasteiger partial charge is 0.227 e. The fourth-order valence-electron chi connectivity index (χ4n) is 3.91. The van der Waals surface area contributed by atoms with Crippen molar-refractivity contribution >= 4 is 23.2 Å². The maximum atomic E-state index is 13.5. The minimum atomic E-state index is -0.101. The van der Waals surface area contributed by atoms with E-state index in [4.69, 9.17) is 0 Å². The number of benzene rings is 2. The molecule has 1 N–H and O–H groups in total. The first-order valence-electron chi connectivity index (χ1n) is 11.5. The third-order valence-corrected chi connectivity index (χ3v) is 5.87. The summed E-state index contributed by atoms with van der Waals surface area (Å²) in [6.45, 7) is 8.84. The van der Waals surface area contributed by atoms with Gasteiger partial charge in [-0.1, -0.05) is 51.1 Å². The third-order valence-electron chi connectivity index (χ3n) is 5.87. The van der Waals surface area contributed by atoms with Gasteiger partial charge in [0.2, 0.25) is 11.8 Å². The number of rotatable bonds is 8. The fraction of sp³-hybridized carbons (Fsp3) is 0.481. The zero-order chi connectivity index (χ0) is 23.5. The minimum absolute atomic E-state index is 0.0641. The van der Waals surface area contributed by atoms with Crippen LogP contribution in [0.5, 0.6) is 0 Å². The summed E-state index contributed by atoms with van der Waals surface area (Å²) in [4.78, 5) is 29.8. The molecule has 1 fully saturated rings. The van der Waals surface area contributed by atoms with E-state index in [2.05, 4.69) is 50.0 Å². The van der Waals surface area contributed by atoms with Crippen LogP contribution in [0.15, 0.2) is 48.5 Å². The van der Waals surface area contributed by atoms with Crippen molar-refractivity contribution in [3.63, 3.8) is 0 Å². The highest BCUT2D eigenvalue weighted by Gasteiger charge is 2.30. The Morgan fingerprint density at radius 3 is 2.28 bits per heavy atom. The second-order valence-electron chi connectivity index (χ2n) is 10.3. The van der Waals surface area contributed by atoms with Gasteiger partial charge >= 0.3 is 0 Å². The molecule has 0 unspecified atom stereocenters. The molecule has 0 heterocycles. The van der Waals surface area contributed by atoms with E-state index in [1.807, 2.05) is 55.4 Å². The van der Waals surface area contributed by atoms with Gasteiger partial charge in [0.1, 0.15) is 0 Å². The van der Waals surface area contributed by atoms with E-state index in [1.165, 1.54) is 0 Å². The first-order chi connectivity index (χ1) is 15.0. The minimum Gasteiger partial charge on any atom is -0.377 e. The van der Waals surface area contributed by atoms with Gasteiger partial charge in [0.25, 0.3) is 0 Å². The van der Waals surface area contributed by atoms with Gasteiger partial charge < -0.3 is 15.1 Å². The van der Waals surface area contributed by atoms with Crippen LogP contribution in [0.4, 0.5) is 11.4 Å². The van der Waals surface area contributed by atoms with Crippen LogP contribution >= 0.6 is 0 Å². The van der Waals surface area contributed by atoms with E-state index >= 15 is 0 Å². The predicted molar refractivity (Wildman–Crippen MR) is 132 cm³/mol. The van der Waals surface area contributed by atoms with Gasteiger partial charge in [-0.3, -0.25) is 9.59 Å². The van der Waals surface area contributed by atoms with Crippen molar-refractivity contribution < 1.29 is 9.59 Å². The highest BCUT2D eigenvalue weighted by atomic mass is 16.2. The Hall–Kier alpha value is -2.82. The van der Waals surface area contributed by atoms with Crippen LogP contribution in [0.1, 0.15) is 64.1 Å². The van der Waals surface area contributed by atoms with Crippen LogP contribution in [0.2, 0.25) is 0 Å². The van der Waals surface area contributed by atoms with E-state index in [0.717, 1.165) is 35.3 Å². The largest absolute Gasteiger partial charge is 0.377 e.